The average Bonchev–Trinajstić information content (AvgIpc) is 3.06. The molecule has 7 aromatic rings. The van der Waals surface area contributed by atoms with Crippen molar-refractivity contribution in [3.8, 4) is 0 Å². The summed E-state index contributed by atoms with van der Waals surface area (Å²) in [6, 6.07) is 32.4. The molecule has 2 heterocycles. The first-order valence-electron chi connectivity index (χ1n) is 14.8. The third-order valence-corrected chi connectivity index (χ3v) is 9.61. The van der Waals surface area contributed by atoms with Crippen molar-refractivity contribution in [2.24, 2.45) is 0 Å². The number of hydrogen-bond acceptors (Lipinski definition) is 4. The van der Waals surface area contributed by atoms with E-state index < -0.39 is 11.9 Å². The zero-order valence-electron chi connectivity index (χ0n) is 23.7. The van der Waals surface area contributed by atoms with E-state index in [1.165, 1.54) is 65.3 Å². The number of hydrogen-bond donors (Lipinski definition) is 2. The van der Waals surface area contributed by atoms with E-state index in [1.807, 2.05) is 24.3 Å². The van der Waals surface area contributed by atoms with Crippen LogP contribution in [-0.4, -0.2) is 22.2 Å². The monoisotopic (exact) mass is 574 g/mol. The predicted molar refractivity (Wildman–Crippen MR) is 174 cm³/mol. The number of aromatic carboxylic acids is 2. The molecule has 2 aliphatic heterocycles. The Bertz CT molecular complexity index is 2110. The highest BCUT2D eigenvalue weighted by Gasteiger charge is 2.26. The molecule has 212 valence electrons. The van der Waals surface area contributed by atoms with Gasteiger partial charge in [0.25, 0.3) is 0 Å². The second-order valence-electron chi connectivity index (χ2n) is 12.0. The number of anilines is 2. The lowest BCUT2D eigenvalue weighted by Gasteiger charge is -2.33. The minimum atomic E-state index is -0.915. The fourth-order valence-electron chi connectivity index (χ4n) is 7.68. The predicted octanol–water partition coefficient (Wildman–Crippen LogP) is 8.17. The van der Waals surface area contributed by atoms with Gasteiger partial charge >= 0.3 is 11.9 Å². The minimum Gasteiger partial charge on any atom is -0.478 e. The van der Waals surface area contributed by atoms with E-state index in [9.17, 15) is 19.8 Å². The van der Waals surface area contributed by atoms with Crippen LogP contribution in [0.5, 0.6) is 0 Å². The first-order chi connectivity index (χ1) is 21.4. The van der Waals surface area contributed by atoms with Gasteiger partial charge in [-0.25, -0.2) is 9.59 Å². The Morgan fingerprint density at radius 3 is 1.11 bits per heavy atom. The van der Waals surface area contributed by atoms with Gasteiger partial charge in [0.1, 0.15) is 0 Å². The van der Waals surface area contributed by atoms with Gasteiger partial charge in [-0.3, -0.25) is 0 Å². The van der Waals surface area contributed by atoms with E-state index in [1.54, 1.807) is 24.3 Å². The summed E-state index contributed by atoms with van der Waals surface area (Å²) in [5.74, 6) is -1.83. The highest BCUT2D eigenvalue weighted by molar-refractivity contribution is 6.34. The van der Waals surface area contributed by atoms with Crippen LogP contribution in [0.3, 0.4) is 0 Å². The lowest BCUT2D eigenvalue weighted by molar-refractivity contribution is 0.0686. The summed E-state index contributed by atoms with van der Waals surface area (Å²) in [6.07, 6.45) is 0. The summed E-state index contributed by atoms with van der Waals surface area (Å²) in [6.45, 7) is 2.87. The summed E-state index contributed by atoms with van der Waals surface area (Å²) in [7, 11) is 0. The van der Waals surface area contributed by atoms with Crippen molar-refractivity contribution >= 4 is 66.4 Å². The smallest absolute Gasteiger partial charge is 0.335 e. The maximum absolute atomic E-state index is 11.6. The van der Waals surface area contributed by atoms with Crippen molar-refractivity contribution in [2.45, 2.75) is 26.2 Å². The van der Waals surface area contributed by atoms with Gasteiger partial charge in [-0.15, -0.1) is 0 Å². The fourth-order valence-corrected chi connectivity index (χ4v) is 7.68. The molecule has 44 heavy (non-hydrogen) atoms. The molecule has 0 spiro atoms. The molecule has 0 radical (unpaired) electrons. The topological polar surface area (TPSA) is 81.1 Å². The molecule has 0 fully saturated rings. The molecule has 6 heteroatoms. The Morgan fingerprint density at radius 2 is 0.795 bits per heavy atom. The van der Waals surface area contributed by atoms with Gasteiger partial charge in [0.2, 0.25) is 0 Å². The van der Waals surface area contributed by atoms with Crippen LogP contribution in [0.1, 0.15) is 43.0 Å². The van der Waals surface area contributed by atoms with E-state index in [0.29, 0.717) is 11.1 Å². The summed E-state index contributed by atoms with van der Waals surface area (Å²) < 4.78 is 0. The number of fused-ring (bicyclic) bond motifs is 2. The zero-order valence-corrected chi connectivity index (χ0v) is 23.7. The molecule has 0 aliphatic carbocycles. The molecule has 0 amide bonds. The molecular weight excluding hydrogens is 548 g/mol. The molecule has 0 saturated heterocycles. The van der Waals surface area contributed by atoms with Crippen molar-refractivity contribution in [1.29, 1.82) is 0 Å². The summed E-state index contributed by atoms with van der Waals surface area (Å²) >= 11 is 0. The molecule has 0 unspecified atom stereocenters. The number of benzene rings is 7. The molecule has 6 nitrogen and oxygen atoms in total. The maximum atomic E-state index is 11.6. The standard InChI is InChI=1S/C38H26N2O4/c41-37(42)21-3-1-5-27(15-21)39-17-23-7-11-29-31-13-9-25-19-40(28-6-2-4-22(16-28)38(43)44)20-26-10-14-32(36(31)34(25)26)30-12-8-24(18-39)33(23)35(29)30/h1-16H,17-20H2,(H,41,42)(H,43,44). The van der Waals surface area contributed by atoms with Crippen molar-refractivity contribution in [3.63, 3.8) is 0 Å². The zero-order chi connectivity index (χ0) is 29.7. The summed E-state index contributed by atoms with van der Waals surface area (Å²) in [4.78, 5) is 27.8. The van der Waals surface area contributed by atoms with Crippen molar-refractivity contribution in [1.82, 2.24) is 0 Å². The molecule has 0 saturated carbocycles. The fraction of sp³-hybridized carbons (Fsp3) is 0.105. The number of nitrogens with zero attached hydrogens (tertiary/aromatic N) is 2. The number of carboxylic acids is 2. The lowest BCUT2D eigenvalue weighted by Crippen LogP contribution is -2.26. The minimum absolute atomic E-state index is 0.298. The van der Waals surface area contributed by atoms with Crippen molar-refractivity contribution < 1.29 is 19.8 Å². The Labute approximate surface area is 252 Å². The molecule has 9 rings (SSSR count). The lowest BCUT2D eigenvalue weighted by atomic mass is 9.82. The Hall–Kier alpha value is -5.62. The molecule has 7 aromatic carbocycles. The quantitative estimate of drug-likeness (QED) is 0.163. The molecule has 0 atom stereocenters. The Balaban J connectivity index is 1.19. The number of carboxylic acid groups (broad SMARTS) is 2. The molecule has 2 aliphatic rings. The Morgan fingerprint density at radius 1 is 0.455 bits per heavy atom. The van der Waals surface area contributed by atoms with Crippen LogP contribution in [0.4, 0.5) is 11.4 Å². The summed E-state index contributed by atoms with van der Waals surface area (Å²) in [5, 5.41) is 29.3. The number of rotatable bonds is 4. The van der Waals surface area contributed by atoms with Crippen LogP contribution < -0.4 is 9.80 Å². The van der Waals surface area contributed by atoms with Crippen LogP contribution in [0.2, 0.25) is 0 Å². The molecule has 0 aromatic heterocycles. The van der Waals surface area contributed by atoms with E-state index in [2.05, 4.69) is 58.3 Å². The Kier molecular flexibility index (Phi) is 5.07. The van der Waals surface area contributed by atoms with Crippen LogP contribution in [-0.2, 0) is 26.2 Å². The van der Waals surface area contributed by atoms with Crippen molar-refractivity contribution in [3.05, 3.63) is 130 Å². The van der Waals surface area contributed by atoms with E-state index in [4.69, 9.17) is 0 Å². The van der Waals surface area contributed by atoms with E-state index >= 15 is 0 Å². The van der Waals surface area contributed by atoms with Gasteiger partial charge in [-0.2, -0.15) is 0 Å². The third kappa shape index (κ3) is 3.48. The largest absolute Gasteiger partial charge is 0.478 e. The van der Waals surface area contributed by atoms with Crippen LogP contribution in [0.15, 0.2) is 97.1 Å². The van der Waals surface area contributed by atoms with E-state index in [-0.39, 0.29) is 0 Å². The normalized spacial score (nSPS) is 14.3. The van der Waals surface area contributed by atoms with Crippen LogP contribution in [0, 0.1) is 0 Å². The molecule has 0 bridgehead atoms. The van der Waals surface area contributed by atoms with Gasteiger partial charge in [0, 0.05) is 37.6 Å². The van der Waals surface area contributed by atoms with Gasteiger partial charge in [0.15, 0.2) is 0 Å². The third-order valence-electron chi connectivity index (χ3n) is 9.61. The van der Waals surface area contributed by atoms with Crippen LogP contribution in [0.25, 0.3) is 43.1 Å². The maximum Gasteiger partial charge on any atom is 0.335 e. The van der Waals surface area contributed by atoms with Gasteiger partial charge in [0.05, 0.1) is 11.1 Å². The van der Waals surface area contributed by atoms with Gasteiger partial charge < -0.3 is 20.0 Å². The average molecular weight is 575 g/mol. The number of carbonyl (C=O) groups is 2. The van der Waals surface area contributed by atoms with Gasteiger partial charge in [-0.1, -0.05) is 60.7 Å². The summed E-state index contributed by atoms with van der Waals surface area (Å²) in [5.41, 5.74) is 7.43. The molecule has 2 N–H and O–H groups in total. The van der Waals surface area contributed by atoms with Crippen molar-refractivity contribution in [2.75, 3.05) is 9.80 Å². The van der Waals surface area contributed by atoms with Gasteiger partial charge in [-0.05, 0) is 102 Å². The highest BCUT2D eigenvalue weighted by atomic mass is 16.4. The second-order valence-corrected chi connectivity index (χ2v) is 12.0. The highest BCUT2D eigenvalue weighted by Crippen LogP contribution is 2.47. The second kappa shape index (κ2) is 8.94. The molecular formula is C38H26N2O4. The first kappa shape index (κ1) is 24.9. The first-order valence-corrected chi connectivity index (χ1v) is 14.8. The SMILES string of the molecule is O=C(O)c1cccc(N2Cc3ccc4c5ccc6c7c(ccc(c8ccc(c3c48)C2)c75)CN(c2cccc(C(=O)O)c2)C6)c1. The van der Waals surface area contributed by atoms with E-state index in [0.717, 1.165) is 37.6 Å². The van der Waals surface area contributed by atoms with Crippen LogP contribution >= 0.6 is 0 Å².